The SMILES string of the molecule is Cc1nc2ccccc2nc1N1CCN(C(=O)CNC(=O)c2ccc(C(C)(C)C)cc2)CC1. The first-order valence-electron chi connectivity index (χ1n) is 11.4. The van der Waals surface area contributed by atoms with Crippen LogP contribution in [0.4, 0.5) is 5.82 Å². The predicted molar refractivity (Wildman–Crippen MR) is 131 cm³/mol. The Bertz CT molecular complexity index is 1160. The number of hydrogen-bond acceptors (Lipinski definition) is 5. The molecule has 1 aromatic heterocycles. The third-order valence-corrected chi connectivity index (χ3v) is 6.07. The Labute approximate surface area is 194 Å². The molecule has 1 aliphatic heterocycles. The molecule has 0 unspecified atom stereocenters. The van der Waals surface area contributed by atoms with E-state index in [1.54, 1.807) is 4.90 Å². The van der Waals surface area contributed by atoms with Crippen molar-refractivity contribution in [2.75, 3.05) is 37.6 Å². The number of piperazine rings is 1. The van der Waals surface area contributed by atoms with Crippen LogP contribution in [0.15, 0.2) is 48.5 Å². The Morgan fingerprint density at radius 1 is 0.909 bits per heavy atom. The van der Waals surface area contributed by atoms with E-state index in [0.717, 1.165) is 22.5 Å². The maximum absolute atomic E-state index is 12.7. The lowest BCUT2D eigenvalue weighted by molar-refractivity contribution is -0.130. The third kappa shape index (κ3) is 5.13. The molecule has 172 valence electrons. The number of anilines is 1. The fourth-order valence-electron chi connectivity index (χ4n) is 4.04. The monoisotopic (exact) mass is 445 g/mol. The summed E-state index contributed by atoms with van der Waals surface area (Å²) in [5.74, 6) is 0.563. The van der Waals surface area contributed by atoms with Crippen LogP contribution in [0.3, 0.4) is 0 Å². The quantitative estimate of drug-likeness (QED) is 0.667. The van der Waals surface area contributed by atoms with Crippen molar-refractivity contribution in [3.8, 4) is 0 Å². The fraction of sp³-hybridized carbons (Fsp3) is 0.385. The van der Waals surface area contributed by atoms with Crippen molar-refractivity contribution in [2.24, 2.45) is 0 Å². The lowest BCUT2D eigenvalue weighted by atomic mass is 9.87. The number of carbonyl (C=O) groups is 2. The highest BCUT2D eigenvalue weighted by Crippen LogP contribution is 2.23. The van der Waals surface area contributed by atoms with Crippen molar-refractivity contribution in [2.45, 2.75) is 33.1 Å². The normalized spacial score (nSPS) is 14.4. The number of rotatable bonds is 4. The summed E-state index contributed by atoms with van der Waals surface area (Å²) in [6.07, 6.45) is 0. The number of nitrogens with zero attached hydrogens (tertiary/aromatic N) is 4. The molecule has 1 N–H and O–H groups in total. The summed E-state index contributed by atoms with van der Waals surface area (Å²) in [4.78, 5) is 38.6. The van der Waals surface area contributed by atoms with Crippen LogP contribution in [-0.4, -0.2) is 59.4 Å². The smallest absolute Gasteiger partial charge is 0.251 e. The van der Waals surface area contributed by atoms with Crippen molar-refractivity contribution >= 4 is 28.7 Å². The van der Waals surface area contributed by atoms with Gasteiger partial charge in [-0.15, -0.1) is 0 Å². The molecule has 1 saturated heterocycles. The minimum Gasteiger partial charge on any atom is -0.352 e. The van der Waals surface area contributed by atoms with Crippen LogP contribution in [0.25, 0.3) is 11.0 Å². The highest BCUT2D eigenvalue weighted by molar-refractivity contribution is 5.96. The summed E-state index contributed by atoms with van der Waals surface area (Å²) in [5.41, 5.74) is 4.40. The highest BCUT2D eigenvalue weighted by atomic mass is 16.2. The zero-order valence-corrected chi connectivity index (χ0v) is 19.8. The number of carbonyl (C=O) groups excluding carboxylic acids is 2. The lowest BCUT2D eigenvalue weighted by Crippen LogP contribution is -2.51. The van der Waals surface area contributed by atoms with Crippen molar-refractivity contribution < 1.29 is 9.59 Å². The molecule has 0 bridgehead atoms. The van der Waals surface area contributed by atoms with Crippen LogP contribution >= 0.6 is 0 Å². The lowest BCUT2D eigenvalue weighted by Gasteiger charge is -2.36. The summed E-state index contributed by atoms with van der Waals surface area (Å²) >= 11 is 0. The van der Waals surface area contributed by atoms with Gasteiger partial charge in [-0.3, -0.25) is 9.59 Å². The second kappa shape index (κ2) is 9.17. The maximum Gasteiger partial charge on any atom is 0.251 e. The van der Waals surface area contributed by atoms with Gasteiger partial charge >= 0.3 is 0 Å². The third-order valence-electron chi connectivity index (χ3n) is 6.07. The molecule has 2 amide bonds. The Hall–Kier alpha value is -3.48. The molecule has 3 aromatic rings. The number of hydrogen-bond donors (Lipinski definition) is 1. The van der Waals surface area contributed by atoms with Gasteiger partial charge in [-0.25, -0.2) is 9.97 Å². The van der Waals surface area contributed by atoms with Gasteiger partial charge in [-0.1, -0.05) is 45.0 Å². The molecule has 1 aliphatic rings. The van der Waals surface area contributed by atoms with E-state index in [2.05, 4.69) is 36.0 Å². The first-order valence-corrected chi connectivity index (χ1v) is 11.4. The van der Waals surface area contributed by atoms with Crippen LogP contribution in [0.1, 0.15) is 42.4 Å². The molecule has 0 saturated carbocycles. The van der Waals surface area contributed by atoms with Crippen LogP contribution in [-0.2, 0) is 10.2 Å². The number of benzene rings is 2. The van der Waals surface area contributed by atoms with Gasteiger partial charge in [0.2, 0.25) is 5.91 Å². The molecule has 7 nitrogen and oxygen atoms in total. The molecule has 0 spiro atoms. The highest BCUT2D eigenvalue weighted by Gasteiger charge is 2.24. The van der Waals surface area contributed by atoms with Gasteiger partial charge in [0.25, 0.3) is 5.91 Å². The van der Waals surface area contributed by atoms with Crippen molar-refractivity contribution in [3.05, 3.63) is 65.4 Å². The molecule has 2 heterocycles. The van der Waals surface area contributed by atoms with E-state index >= 15 is 0 Å². The van der Waals surface area contributed by atoms with Crippen molar-refractivity contribution in [3.63, 3.8) is 0 Å². The Morgan fingerprint density at radius 2 is 1.52 bits per heavy atom. The Kier molecular flexibility index (Phi) is 6.31. The molecule has 0 aliphatic carbocycles. The summed E-state index contributed by atoms with van der Waals surface area (Å²) in [6.45, 7) is 10.9. The zero-order chi connectivity index (χ0) is 23.6. The molecule has 0 atom stereocenters. The van der Waals surface area contributed by atoms with Crippen molar-refractivity contribution in [1.29, 1.82) is 0 Å². The first kappa shape index (κ1) is 22.7. The molecule has 7 heteroatoms. The van der Waals surface area contributed by atoms with Gasteiger partial charge in [0.1, 0.15) is 0 Å². The Morgan fingerprint density at radius 3 is 2.12 bits per heavy atom. The van der Waals surface area contributed by atoms with E-state index in [-0.39, 0.29) is 23.8 Å². The van der Waals surface area contributed by atoms with E-state index in [1.807, 2.05) is 55.5 Å². The summed E-state index contributed by atoms with van der Waals surface area (Å²) < 4.78 is 0. The van der Waals surface area contributed by atoms with E-state index < -0.39 is 0 Å². The van der Waals surface area contributed by atoms with E-state index in [0.29, 0.717) is 31.7 Å². The fourth-order valence-corrected chi connectivity index (χ4v) is 4.04. The molecule has 4 rings (SSSR count). The Balaban J connectivity index is 1.31. The zero-order valence-electron chi connectivity index (χ0n) is 19.8. The summed E-state index contributed by atoms with van der Waals surface area (Å²) in [7, 11) is 0. The number of nitrogens with one attached hydrogen (secondary N) is 1. The standard InChI is InChI=1S/C26H31N5O2/c1-18-24(29-22-8-6-5-7-21(22)28-18)31-15-13-30(14-16-31)23(32)17-27-25(33)19-9-11-20(12-10-19)26(2,3)4/h5-12H,13-17H2,1-4H3,(H,27,33). The molecular weight excluding hydrogens is 414 g/mol. The van der Waals surface area contributed by atoms with Crippen molar-refractivity contribution in [1.82, 2.24) is 20.2 Å². The van der Waals surface area contributed by atoms with E-state index in [9.17, 15) is 9.59 Å². The predicted octanol–water partition coefficient (Wildman–Crippen LogP) is 3.31. The average Bonchev–Trinajstić information content (AvgIpc) is 2.81. The maximum atomic E-state index is 12.7. The summed E-state index contributed by atoms with van der Waals surface area (Å²) in [6, 6.07) is 15.4. The molecule has 1 fully saturated rings. The number of amides is 2. The second-order valence-electron chi connectivity index (χ2n) is 9.50. The molecular formula is C26H31N5O2. The topological polar surface area (TPSA) is 78.4 Å². The van der Waals surface area contributed by atoms with Crippen LogP contribution in [0, 0.1) is 6.92 Å². The van der Waals surface area contributed by atoms with Gasteiger partial charge in [0.05, 0.1) is 23.3 Å². The second-order valence-corrected chi connectivity index (χ2v) is 9.50. The summed E-state index contributed by atoms with van der Waals surface area (Å²) in [5, 5.41) is 2.76. The molecule has 2 aromatic carbocycles. The van der Waals surface area contributed by atoms with Gasteiger partial charge < -0.3 is 15.1 Å². The van der Waals surface area contributed by atoms with Gasteiger partial charge in [0, 0.05) is 31.7 Å². The minimum absolute atomic E-state index is 0.00529. The average molecular weight is 446 g/mol. The van der Waals surface area contributed by atoms with Crippen LogP contribution < -0.4 is 10.2 Å². The number of para-hydroxylation sites is 2. The van der Waals surface area contributed by atoms with Crippen LogP contribution in [0.5, 0.6) is 0 Å². The first-order chi connectivity index (χ1) is 15.7. The van der Waals surface area contributed by atoms with E-state index in [4.69, 9.17) is 4.98 Å². The molecule has 33 heavy (non-hydrogen) atoms. The van der Waals surface area contributed by atoms with Gasteiger partial charge in [-0.2, -0.15) is 0 Å². The van der Waals surface area contributed by atoms with Gasteiger partial charge in [-0.05, 0) is 42.2 Å². The van der Waals surface area contributed by atoms with Gasteiger partial charge in [0.15, 0.2) is 5.82 Å². The number of aryl methyl sites for hydroxylation is 1. The molecule has 0 radical (unpaired) electrons. The van der Waals surface area contributed by atoms with E-state index in [1.165, 1.54) is 5.56 Å². The number of aromatic nitrogens is 2. The van der Waals surface area contributed by atoms with Crippen LogP contribution in [0.2, 0.25) is 0 Å². The largest absolute Gasteiger partial charge is 0.352 e. The number of fused-ring (bicyclic) bond motifs is 1. The minimum atomic E-state index is -0.232.